The lowest BCUT2D eigenvalue weighted by molar-refractivity contribution is -0.768. The van der Waals surface area contributed by atoms with Gasteiger partial charge in [-0.3, -0.25) is 0 Å². The van der Waals surface area contributed by atoms with Crippen LogP contribution in [0.15, 0.2) is 0 Å². The van der Waals surface area contributed by atoms with E-state index in [9.17, 15) is 0 Å². The summed E-state index contributed by atoms with van der Waals surface area (Å²) < 4.78 is 0. The molecule has 0 aliphatic heterocycles. The van der Waals surface area contributed by atoms with Gasteiger partial charge in [0.25, 0.3) is 0 Å². The first-order valence-corrected chi connectivity index (χ1v) is 6.78. The molecule has 0 heterocycles. The molecule has 0 amide bonds. The summed E-state index contributed by atoms with van der Waals surface area (Å²) in [7, 11) is 0. The standard InChI is InChI=1S/C10H22O6.C3H8/c1-7-9(3,4)11-13-15-16-14-12-10(5,6)8-2;1-3-2/h7-8H2,1-6H3;3H2,1-2H3. The van der Waals surface area contributed by atoms with Gasteiger partial charge in [0.05, 0.1) is 0 Å². The van der Waals surface area contributed by atoms with Crippen LogP contribution in [-0.2, 0) is 29.9 Å². The van der Waals surface area contributed by atoms with Crippen LogP contribution in [0.3, 0.4) is 0 Å². The van der Waals surface area contributed by atoms with Gasteiger partial charge in [-0.15, -0.1) is 0 Å². The van der Waals surface area contributed by atoms with Crippen LogP contribution in [0.1, 0.15) is 74.7 Å². The average molecular weight is 282 g/mol. The van der Waals surface area contributed by atoms with Crippen LogP contribution in [0, 0.1) is 0 Å². The topological polar surface area (TPSA) is 55.4 Å². The van der Waals surface area contributed by atoms with Gasteiger partial charge in [-0.2, -0.15) is 9.78 Å². The van der Waals surface area contributed by atoms with Crippen LogP contribution in [0.4, 0.5) is 0 Å². The molecule has 0 rings (SSSR count). The lowest BCUT2D eigenvalue weighted by atomic mass is 10.1. The van der Waals surface area contributed by atoms with Gasteiger partial charge in [0.1, 0.15) is 11.2 Å². The van der Waals surface area contributed by atoms with Crippen molar-refractivity contribution < 1.29 is 29.9 Å². The Morgan fingerprint density at radius 3 is 1.05 bits per heavy atom. The van der Waals surface area contributed by atoms with Gasteiger partial charge in [-0.1, -0.05) is 34.1 Å². The molecule has 6 nitrogen and oxygen atoms in total. The van der Waals surface area contributed by atoms with Crippen molar-refractivity contribution in [1.82, 2.24) is 0 Å². The maximum absolute atomic E-state index is 4.85. The molecule has 0 aromatic rings. The van der Waals surface area contributed by atoms with Crippen LogP contribution in [-0.4, -0.2) is 11.2 Å². The molecule has 0 bridgehead atoms. The van der Waals surface area contributed by atoms with Gasteiger partial charge in [0, 0.05) is 0 Å². The van der Waals surface area contributed by atoms with Gasteiger partial charge in [-0.05, 0) is 60.7 Å². The van der Waals surface area contributed by atoms with Gasteiger partial charge in [-0.25, -0.2) is 0 Å². The third kappa shape index (κ3) is 15.7. The molecule has 0 saturated heterocycles. The maximum Gasteiger partial charge on any atom is 0.101 e. The predicted molar refractivity (Wildman–Crippen MR) is 71.2 cm³/mol. The highest BCUT2D eigenvalue weighted by Gasteiger charge is 2.19. The van der Waals surface area contributed by atoms with E-state index in [1.165, 1.54) is 6.42 Å². The van der Waals surface area contributed by atoms with Crippen LogP contribution >= 0.6 is 0 Å². The van der Waals surface area contributed by atoms with E-state index in [0.717, 1.165) is 12.8 Å². The molecule has 0 aliphatic rings. The Kier molecular flexibility index (Phi) is 12.8. The minimum atomic E-state index is -0.451. The minimum absolute atomic E-state index is 0.451. The number of hydrogen-bond donors (Lipinski definition) is 0. The zero-order valence-electron chi connectivity index (χ0n) is 13.6. The summed E-state index contributed by atoms with van der Waals surface area (Å²) in [6.07, 6.45) is 2.77. The molecule has 0 spiro atoms. The highest BCUT2D eigenvalue weighted by Crippen LogP contribution is 2.15. The first-order chi connectivity index (χ1) is 8.74. The van der Waals surface area contributed by atoms with E-state index in [2.05, 4.69) is 34.0 Å². The number of rotatable bonds is 9. The molecule has 0 aromatic heterocycles. The molecule has 19 heavy (non-hydrogen) atoms. The molecular formula is C13H30O6. The lowest BCUT2D eigenvalue weighted by Gasteiger charge is -2.20. The third-order valence-corrected chi connectivity index (χ3v) is 2.31. The van der Waals surface area contributed by atoms with Gasteiger partial charge < -0.3 is 0 Å². The van der Waals surface area contributed by atoms with Crippen molar-refractivity contribution in [2.75, 3.05) is 0 Å². The Labute approximate surface area is 116 Å². The zero-order chi connectivity index (χ0) is 15.4. The predicted octanol–water partition coefficient (Wildman–Crippen LogP) is 4.45. The summed E-state index contributed by atoms with van der Waals surface area (Å²) in [5, 5.41) is 16.9. The monoisotopic (exact) mass is 282 g/mol. The Balaban J connectivity index is 0. The molecule has 0 unspecified atom stereocenters. The molecular weight excluding hydrogens is 252 g/mol. The highest BCUT2D eigenvalue weighted by molar-refractivity contribution is 4.62. The summed E-state index contributed by atoms with van der Waals surface area (Å²) in [6.45, 7) is 15.5. The molecule has 118 valence electrons. The zero-order valence-corrected chi connectivity index (χ0v) is 13.6. The Bertz CT molecular complexity index is 174. The largest absolute Gasteiger partial charge is 0.198 e. The van der Waals surface area contributed by atoms with E-state index in [1.54, 1.807) is 0 Å². The summed E-state index contributed by atoms with van der Waals surface area (Å²) >= 11 is 0. The second-order valence-corrected chi connectivity index (χ2v) is 5.37. The van der Waals surface area contributed by atoms with E-state index in [4.69, 9.17) is 9.78 Å². The lowest BCUT2D eigenvalue weighted by Crippen LogP contribution is -2.25. The van der Waals surface area contributed by atoms with Crippen LogP contribution in [0.2, 0.25) is 0 Å². The third-order valence-electron chi connectivity index (χ3n) is 2.31. The quantitative estimate of drug-likeness (QED) is 0.353. The van der Waals surface area contributed by atoms with E-state index >= 15 is 0 Å². The Morgan fingerprint density at radius 1 is 0.579 bits per heavy atom. The first kappa shape index (κ1) is 21.1. The maximum atomic E-state index is 4.85. The van der Waals surface area contributed by atoms with Crippen LogP contribution in [0.5, 0.6) is 0 Å². The fraction of sp³-hybridized carbons (Fsp3) is 1.00. The van der Waals surface area contributed by atoms with Crippen molar-refractivity contribution in [2.24, 2.45) is 0 Å². The summed E-state index contributed by atoms with van der Waals surface area (Å²) in [5.74, 6) is 0. The molecule has 0 aromatic carbocycles. The molecule has 0 aliphatic carbocycles. The van der Waals surface area contributed by atoms with Crippen molar-refractivity contribution in [1.29, 1.82) is 0 Å². The number of hydrogen-bond acceptors (Lipinski definition) is 6. The Morgan fingerprint density at radius 2 is 0.842 bits per heavy atom. The van der Waals surface area contributed by atoms with E-state index in [0.29, 0.717) is 0 Å². The fourth-order valence-electron chi connectivity index (χ4n) is 0.353. The SMILES string of the molecule is CCC.CCC(C)(C)OOOOOOC(C)(C)CC. The highest BCUT2D eigenvalue weighted by atomic mass is 17.8. The van der Waals surface area contributed by atoms with Crippen molar-refractivity contribution >= 4 is 0 Å². The molecule has 0 fully saturated rings. The molecule has 6 heteroatoms. The summed E-state index contributed by atoms with van der Waals surface area (Å²) in [4.78, 5) is 9.71. The van der Waals surface area contributed by atoms with Crippen LogP contribution < -0.4 is 0 Å². The smallest absolute Gasteiger partial charge is 0.101 e. The fourth-order valence-corrected chi connectivity index (χ4v) is 0.353. The average Bonchev–Trinajstić information content (AvgIpc) is 2.34. The van der Waals surface area contributed by atoms with Gasteiger partial charge in [0.15, 0.2) is 0 Å². The summed E-state index contributed by atoms with van der Waals surface area (Å²) in [5.41, 5.74) is -0.903. The molecule has 0 N–H and O–H groups in total. The first-order valence-electron chi connectivity index (χ1n) is 6.78. The molecule has 0 radical (unpaired) electrons. The van der Waals surface area contributed by atoms with Crippen molar-refractivity contribution in [3.05, 3.63) is 0 Å². The van der Waals surface area contributed by atoms with Crippen molar-refractivity contribution in [3.63, 3.8) is 0 Å². The minimum Gasteiger partial charge on any atom is -0.198 e. The van der Waals surface area contributed by atoms with Gasteiger partial charge >= 0.3 is 0 Å². The van der Waals surface area contributed by atoms with Crippen LogP contribution in [0.25, 0.3) is 0 Å². The van der Waals surface area contributed by atoms with E-state index in [1.807, 2.05) is 41.5 Å². The van der Waals surface area contributed by atoms with E-state index in [-0.39, 0.29) is 0 Å². The van der Waals surface area contributed by atoms with Gasteiger partial charge in [0.2, 0.25) is 0 Å². The second-order valence-electron chi connectivity index (χ2n) is 5.37. The van der Waals surface area contributed by atoms with Crippen molar-refractivity contribution in [3.8, 4) is 0 Å². The van der Waals surface area contributed by atoms with Crippen molar-refractivity contribution in [2.45, 2.75) is 85.9 Å². The molecule has 0 atom stereocenters. The molecule has 0 saturated carbocycles. The summed E-state index contributed by atoms with van der Waals surface area (Å²) in [6, 6.07) is 0. The second kappa shape index (κ2) is 11.6. The van der Waals surface area contributed by atoms with E-state index < -0.39 is 11.2 Å². The Hall–Kier alpha value is -0.240. The normalized spacial score (nSPS) is 12.0.